The number of hydrogen-bond acceptors (Lipinski definition) is 3. The van der Waals surface area contributed by atoms with Gasteiger partial charge in [0.25, 0.3) is 5.91 Å². The predicted molar refractivity (Wildman–Crippen MR) is 101 cm³/mol. The molecule has 0 bridgehead atoms. The Morgan fingerprint density at radius 3 is 2.69 bits per heavy atom. The Morgan fingerprint density at radius 2 is 2.00 bits per heavy atom. The number of nitrogens with one attached hydrogen (secondary N) is 1. The summed E-state index contributed by atoms with van der Waals surface area (Å²) in [5, 5.41) is 13.1. The van der Waals surface area contributed by atoms with Gasteiger partial charge in [0, 0.05) is 19.6 Å². The molecule has 0 radical (unpaired) electrons. The molecule has 0 saturated carbocycles. The standard InChI is InChI=1S/C21H30N2O3/c1-14-13-23(20(25)21(2,3)26)11-10-16(14)12-22-19(24)18-9-8-15-6-4-5-7-17(15)18/h4-7,14,16,18,26H,8-13H2,1-3H3,(H,22,24)/t14?,16?,18-/m1/s1. The SMILES string of the molecule is CC1CN(C(=O)C(C)(C)O)CCC1CNC(=O)[C@@H]1CCc2ccccc21. The lowest BCUT2D eigenvalue weighted by Gasteiger charge is -2.39. The van der Waals surface area contributed by atoms with E-state index in [1.54, 1.807) is 4.90 Å². The van der Waals surface area contributed by atoms with E-state index < -0.39 is 5.60 Å². The fourth-order valence-electron chi connectivity index (χ4n) is 4.25. The van der Waals surface area contributed by atoms with Crippen molar-refractivity contribution in [2.24, 2.45) is 11.8 Å². The molecule has 1 heterocycles. The Kier molecular flexibility index (Phi) is 5.37. The maximum Gasteiger partial charge on any atom is 0.253 e. The van der Waals surface area contributed by atoms with Crippen molar-refractivity contribution in [1.29, 1.82) is 0 Å². The molecule has 2 N–H and O–H groups in total. The molecule has 142 valence electrons. The first-order chi connectivity index (χ1) is 12.3. The summed E-state index contributed by atoms with van der Waals surface area (Å²) in [5.74, 6) is 0.539. The van der Waals surface area contributed by atoms with E-state index in [2.05, 4.69) is 24.4 Å². The van der Waals surface area contributed by atoms with Crippen LogP contribution < -0.4 is 5.32 Å². The Morgan fingerprint density at radius 1 is 1.27 bits per heavy atom. The number of piperidine rings is 1. The van der Waals surface area contributed by atoms with Crippen LogP contribution in [0.15, 0.2) is 24.3 Å². The molecule has 0 spiro atoms. The summed E-state index contributed by atoms with van der Waals surface area (Å²) in [7, 11) is 0. The van der Waals surface area contributed by atoms with Crippen LogP contribution in [0.1, 0.15) is 50.7 Å². The third-order valence-electron chi connectivity index (χ3n) is 5.88. The van der Waals surface area contributed by atoms with E-state index in [0.717, 1.165) is 19.3 Å². The summed E-state index contributed by atoms with van der Waals surface area (Å²) in [6, 6.07) is 8.21. The largest absolute Gasteiger partial charge is 0.381 e. The minimum absolute atomic E-state index is 0.0293. The molecule has 1 aromatic rings. The third-order valence-corrected chi connectivity index (χ3v) is 5.88. The second-order valence-electron chi connectivity index (χ2n) is 8.37. The summed E-state index contributed by atoms with van der Waals surface area (Å²) in [5.41, 5.74) is 1.14. The zero-order chi connectivity index (χ0) is 18.9. The van der Waals surface area contributed by atoms with Crippen molar-refractivity contribution in [2.45, 2.75) is 51.6 Å². The minimum atomic E-state index is -1.32. The topological polar surface area (TPSA) is 69.6 Å². The number of aryl methyl sites for hydroxylation is 1. The first-order valence-electron chi connectivity index (χ1n) is 9.64. The molecular formula is C21H30N2O3. The summed E-state index contributed by atoms with van der Waals surface area (Å²) < 4.78 is 0. The highest BCUT2D eigenvalue weighted by atomic mass is 16.3. The van der Waals surface area contributed by atoms with E-state index in [1.807, 2.05) is 12.1 Å². The number of rotatable bonds is 4. The molecule has 26 heavy (non-hydrogen) atoms. The fourth-order valence-corrected chi connectivity index (χ4v) is 4.25. The molecule has 1 fully saturated rings. The lowest BCUT2D eigenvalue weighted by atomic mass is 9.86. The first-order valence-corrected chi connectivity index (χ1v) is 9.64. The zero-order valence-corrected chi connectivity index (χ0v) is 16.0. The third kappa shape index (κ3) is 3.93. The summed E-state index contributed by atoms with van der Waals surface area (Å²) in [4.78, 5) is 26.6. The lowest BCUT2D eigenvalue weighted by Crippen LogP contribution is -2.52. The van der Waals surface area contributed by atoms with Crippen molar-refractivity contribution < 1.29 is 14.7 Å². The number of amides is 2. The van der Waals surface area contributed by atoms with Gasteiger partial charge in [-0.05, 0) is 56.1 Å². The monoisotopic (exact) mass is 358 g/mol. The Labute approximate surface area is 155 Å². The van der Waals surface area contributed by atoms with Crippen LogP contribution in [-0.4, -0.2) is 47.1 Å². The number of aliphatic hydroxyl groups is 1. The molecule has 0 aromatic heterocycles. The molecule has 2 aliphatic rings. The molecule has 1 aliphatic heterocycles. The van der Waals surface area contributed by atoms with Gasteiger partial charge in [-0.2, -0.15) is 0 Å². The van der Waals surface area contributed by atoms with E-state index in [1.165, 1.54) is 25.0 Å². The predicted octanol–water partition coefficient (Wildman–Crippen LogP) is 2.09. The van der Waals surface area contributed by atoms with Gasteiger partial charge < -0.3 is 15.3 Å². The molecule has 5 nitrogen and oxygen atoms in total. The molecule has 3 atom stereocenters. The molecule has 1 aliphatic carbocycles. The second kappa shape index (κ2) is 7.39. The van der Waals surface area contributed by atoms with Gasteiger partial charge in [0.2, 0.25) is 5.91 Å². The van der Waals surface area contributed by atoms with E-state index in [9.17, 15) is 14.7 Å². The van der Waals surface area contributed by atoms with Crippen LogP contribution in [0.3, 0.4) is 0 Å². The van der Waals surface area contributed by atoms with E-state index in [4.69, 9.17) is 0 Å². The number of nitrogens with zero attached hydrogens (tertiary/aromatic N) is 1. The van der Waals surface area contributed by atoms with E-state index >= 15 is 0 Å². The second-order valence-corrected chi connectivity index (χ2v) is 8.37. The van der Waals surface area contributed by atoms with Gasteiger partial charge in [-0.3, -0.25) is 9.59 Å². The molecule has 2 unspecified atom stereocenters. The lowest BCUT2D eigenvalue weighted by molar-refractivity contribution is -0.150. The van der Waals surface area contributed by atoms with Crippen molar-refractivity contribution >= 4 is 11.8 Å². The maximum absolute atomic E-state index is 12.7. The minimum Gasteiger partial charge on any atom is -0.381 e. The quantitative estimate of drug-likeness (QED) is 0.866. The first kappa shape index (κ1) is 18.9. The van der Waals surface area contributed by atoms with Crippen LogP contribution in [0.5, 0.6) is 0 Å². The van der Waals surface area contributed by atoms with Crippen LogP contribution in [-0.2, 0) is 16.0 Å². The van der Waals surface area contributed by atoms with Crippen molar-refractivity contribution in [3.8, 4) is 0 Å². The fraction of sp³-hybridized carbons (Fsp3) is 0.619. The molecule has 2 amide bonds. The average Bonchev–Trinajstić information content (AvgIpc) is 3.03. The average molecular weight is 358 g/mol. The summed E-state index contributed by atoms with van der Waals surface area (Å²) in [6.07, 6.45) is 2.71. The van der Waals surface area contributed by atoms with E-state index in [-0.39, 0.29) is 17.7 Å². The van der Waals surface area contributed by atoms with Crippen LogP contribution in [0.2, 0.25) is 0 Å². The number of benzene rings is 1. The van der Waals surface area contributed by atoms with Gasteiger partial charge in [0.1, 0.15) is 5.60 Å². The number of fused-ring (bicyclic) bond motifs is 1. The van der Waals surface area contributed by atoms with Crippen molar-refractivity contribution in [2.75, 3.05) is 19.6 Å². The molecular weight excluding hydrogens is 328 g/mol. The number of hydrogen-bond donors (Lipinski definition) is 2. The normalized spacial score (nSPS) is 25.7. The molecule has 5 heteroatoms. The maximum atomic E-state index is 12.7. The van der Waals surface area contributed by atoms with Crippen LogP contribution >= 0.6 is 0 Å². The number of likely N-dealkylation sites (tertiary alicyclic amines) is 1. The van der Waals surface area contributed by atoms with Crippen molar-refractivity contribution in [3.63, 3.8) is 0 Å². The number of carbonyl (C=O) groups is 2. The van der Waals surface area contributed by atoms with Gasteiger partial charge in [-0.25, -0.2) is 0 Å². The van der Waals surface area contributed by atoms with E-state index in [0.29, 0.717) is 31.5 Å². The molecule has 1 aromatic carbocycles. The highest BCUT2D eigenvalue weighted by molar-refractivity contribution is 5.85. The zero-order valence-electron chi connectivity index (χ0n) is 16.0. The van der Waals surface area contributed by atoms with Crippen molar-refractivity contribution in [3.05, 3.63) is 35.4 Å². The van der Waals surface area contributed by atoms with Crippen LogP contribution in [0.25, 0.3) is 0 Å². The van der Waals surface area contributed by atoms with Gasteiger partial charge in [0.05, 0.1) is 5.92 Å². The summed E-state index contributed by atoms with van der Waals surface area (Å²) in [6.45, 7) is 7.11. The Hall–Kier alpha value is -1.88. The van der Waals surface area contributed by atoms with Gasteiger partial charge in [-0.15, -0.1) is 0 Å². The molecule has 1 saturated heterocycles. The van der Waals surface area contributed by atoms with Crippen molar-refractivity contribution in [1.82, 2.24) is 10.2 Å². The van der Waals surface area contributed by atoms with Crippen LogP contribution in [0, 0.1) is 11.8 Å². The highest BCUT2D eigenvalue weighted by Crippen LogP contribution is 2.33. The van der Waals surface area contributed by atoms with Crippen LogP contribution in [0.4, 0.5) is 0 Å². The Bertz CT molecular complexity index is 680. The summed E-state index contributed by atoms with van der Waals surface area (Å²) >= 11 is 0. The molecule has 3 rings (SSSR count). The Balaban J connectivity index is 1.52. The van der Waals surface area contributed by atoms with Gasteiger partial charge in [0.15, 0.2) is 0 Å². The highest BCUT2D eigenvalue weighted by Gasteiger charge is 2.35. The van der Waals surface area contributed by atoms with Gasteiger partial charge >= 0.3 is 0 Å². The van der Waals surface area contributed by atoms with Gasteiger partial charge in [-0.1, -0.05) is 31.2 Å². The smallest absolute Gasteiger partial charge is 0.253 e. The number of carbonyl (C=O) groups excluding carboxylic acids is 2.